The number of hydrogen-bond acceptors (Lipinski definition) is 4. The second-order valence-electron chi connectivity index (χ2n) is 5.88. The maximum absolute atomic E-state index is 11.7. The smallest absolute Gasteiger partial charge is 0.348 e. The zero-order valence-corrected chi connectivity index (χ0v) is 12.2. The van der Waals surface area contributed by atoms with E-state index < -0.39 is 6.10 Å². The highest BCUT2D eigenvalue weighted by atomic mass is 16.6. The lowest BCUT2D eigenvalue weighted by atomic mass is 10.0. The molecule has 1 aliphatic heterocycles. The number of aryl methyl sites for hydroxylation is 1. The van der Waals surface area contributed by atoms with Crippen molar-refractivity contribution in [3.05, 3.63) is 23.8 Å². The highest BCUT2D eigenvalue weighted by Gasteiger charge is 2.36. The molecule has 2 rings (SSSR count). The van der Waals surface area contributed by atoms with Gasteiger partial charge in [0, 0.05) is 5.54 Å². The quantitative estimate of drug-likeness (QED) is 0.730. The summed E-state index contributed by atoms with van der Waals surface area (Å²) >= 11 is 0. The third-order valence-corrected chi connectivity index (χ3v) is 3.30. The van der Waals surface area contributed by atoms with Gasteiger partial charge in [-0.3, -0.25) is 0 Å². The number of hydrogen-bond donors (Lipinski definition) is 0. The van der Waals surface area contributed by atoms with E-state index in [1.807, 2.05) is 19.1 Å². The summed E-state index contributed by atoms with van der Waals surface area (Å²) < 4.78 is 10.5. The van der Waals surface area contributed by atoms with Crippen molar-refractivity contribution in [3.63, 3.8) is 0 Å². The van der Waals surface area contributed by atoms with Gasteiger partial charge >= 0.3 is 5.97 Å². The average molecular weight is 263 g/mol. The zero-order chi connectivity index (χ0) is 14.2. The summed E-state index contributed by atoms with van der Waals surface area (Å²) in [6, 6.07) is 5.99. The number of nitrogens with zero attached hydrogens (tertiary/aromatic N) is 1. The highest BCUT2D eigenvalue weighted by Crippen LogP contribution is 2.38. The number of anilines is 1. The first-order valence-corrected chi connectivity index (χ1v) is 6.45. The van der Waals surface area contributed by atoms with Gasteiger partial charge in [-0.2, -0.15) is 0 Å². The molecule has 1 heterocycles. The molecule has 0 saturated carbocycles. The number of rotatable bonds is 1. The van der Waals surface area contributed by atoms with E-state index >= 15 is 0 Å². The van der Waals surface area contributed by atoms with Crippen LogP contribution in [0.1, 0.15) is 26.3 Å². The van der Waals surface area contributed by atoms with Crippen molar-refractivity contribution in [2.24, 2.45) is 0 Å². The maximum Gasteiger partial charge on any atom is 0.348 e. The maximum atomic E-state index is 11.7. The van der Waals surface area contributed by atoms with Crippen molar-refractivity contribution in [2.45, 2.75) is 39.3 Å². The molecule has 0 radical (unpaired) electrons. The molecule has 0 amide bonds. The molecule has 4 heteroatoms. The van der Waals surface area contributed by atoms with Gasteiger partial charge < -0.3 is 14.4 Å². The van der Waals surface area contributed by atoms with Gasteiger partial charge in [0.25, 0.3) is 0 Å². The Labute approximate surface area is 114 Å². The number of methoxy groups -OCH3 is 1. The monoisotopic (exact) mass is 263 g/mol. The molecule has 0 spiro atoms. The fourth-order valence-corrected chi connectivity index (χ4v) is 2.28. The van der Waals surface area contributed by atoms with E-state index in [4.69, 9.17) is 9.47 Å². The largest absolute Gasteiger partial charge is 0.475 e. The summed E-state index contributed by atoms with van der Waals surface area (Å²) in [6.45, 7) is 8.93. The molecular formula is C15H21NO3. The minimum atomic E-state index is -0.570. The fraction of sp³-hybridized carbons (Fsp3) is 0.533. The number of benzene rings is 1. The third kappa shape index (κ3) is 2.67. The van der Waals surface area contributed by atoms with Crippen molar-refractivity contribution < 1.29 is 14.3 Å². The fourth-order valence-electron chi connectivity index (χ4n) is 2.28. The Morgan fingerprint density at radius 3 is 2.68 bits per heavy atom. The number of carbonyl (C=O) groups is 1. The molecule has 4 nitrogen and oxygen atoms in total. The predicted molar refractivity (Wildman–Crippen MR) is 74.7 cm³/mol. The molecule has 1 aromatic carbocycles. The molecule has 19 heavy (non-hydrogen) atoms. The summed E-state index contributed by atoms with van der Waals surface area (Å²) in [7, 11) is 1.39. The molecule has 0 aliphatic carbocycles. The molecule has 0 saturated heterocycles. The molecule has 1 aromatic rings. The van der Waals surface area contributed by atoms with Crippen molar-refractivity contribution in [3.8, 4) is 5.75 Å². The van der Waals surface area contributed by atoms with Crippen LogP contribution < -0.4 is 9.64 Å². The molecule has 1 aliphatic rings. The average Bonchev–Trinajstić information content (AvgIpc) is 2.35. The summed E-state index contributed by atoms with van der Waals surface area (Å²) in [6.07, 6.45) is -0.570. The van der Waals surface area contributed by atoms with Crippen LogP contribution in [0.3, 0.4) is 0 Å². The molecule has 104 valence electrons. The molecule has 0 aromatic heterocycles. The molecular weight excluding hydrogens is 242 g/mol. The van der Waals surface area contributed by atoms with E-state index in [1.165, 1.54) is 12.7 Å². The van der Waals surface area contributed by atoms with Crippen LogP contribution in [-0.2, 0) is 9.53 Å². The van der Waals surface area contributed by atoms with Gasteiger partial charge in [-0.1, -0.05) is 6.07 Å². The van der Waals surface area contributed by atoms with Crippen LogP contribution in [0.25, 0.3) is 0 Å². The highest BCUT2D eigenvalue weighted by molar-refractivity contribution is 5.78. The lowest BCUT2D eigenvalue weighted by Gasteiger charge is -2.43. The van der Waals surface area contributed by atoms with E-state index in [2.05, 4.69) is 31.7 Å². The van der Waals surface area contributed by atoms with Crippen molar-refractivity contribution in [2.75, 3.05) is 18.6 Å². The summed E-state index contributed by atoms with van der Waals surface area (Å²) in [5.41, 5.74) is 2.12. The second kappa shape index (κ2) is 4.76. The lowest BCUT2D eigenvalue weighted by molar-refractivity contribution is -0.148. The molecule has 1 atom stereocenters. The van der Waals surface area contributed by atoms with Crippen molar-refractivity contribution in [1.29, 1.82) is 0 Å². The molecule has 0 bridgehead atoms. The van der Waals surface area contributed by atoms with E-state index in [0.29, 0.717) is 6.54 Å². The first-order valence-electron chi connectivity index (χ1n) is 6.45. The second-order valence-corrected chi connectivity index (χ2v) is 5.88. The van der Waals surface area contributed by atoms with Gasteiger partial charge in [0.1, 0.15) is 5.75 Å². The van der Waals surface area contributed by atoms with Crippen LogP contribution in [0.2, 0.25) is 0 Å². The van der Waals surface area contributed by atoms with Crippen LogP contribution in [0.15, 0.2) is 18.2 Å². The Bertz CT molecular complexity index is 491. The number of ether oxygens (including phenoxy) is 2. The van der Waals surface area contributed by atoms with Crippen LogP contribution in [0.4, 0.5) is 5.69 Å². The van der Waals surface area contributed by atoms with Crippen LogP contribution >= 0.6 is 0 Å². The van der Waals surface area contributed by atoms with E-state index in [0.717, 1.165) is 11.4 Å². The third-order valence-electron chi connectivity index (χ3n) is 3.30. The Morgan fingerprint density at radius 1 is 1.42 bits per heavy atom. The normalized spacial score (nSPS) is 18.6. The minimum absolute atomic E-state index is 0.0847. The van der Waals surface area contributed by atoms with Crippen molar-refractivity contribution >= 4 is 11.7 Å². The topological polar surface area (TPSA) is 38.8 Å². The van der Waals surface area contributed by atoms with Gasteiger partial charge in [0.15, 0.2) is 0 Å². The number of fused-ring (bicyclic) bond motifs is 1. The predicted octanol–water partition coefficient (Wildman–Crippen LogP) is 2.53. The Morgan fingerprint density at radius 2 is 2.11 bits per heavy atom. The lowest BCUT2D eigenvalue weighted by Crippen LogP contribution is -2.52. The van der Waals surface area contributed by atoms with Gasteiger partial charge in [0.05, 0.1) is 19.3 Å². The Kier molecular flexibility index (Phi) is 3.43. The summed E-state index contributed by atoms with van der Waals surface area (Å²) in [5.74, 6) is 0.405. The van der Waals surface area contributed by atoms with Gasteiger partial charge in [-0.05, 0) is 45.4 Å². The van der Waals surface area contributed by atoms with Gasteiger partial charge in [-0.15, -0.1) is 0 Å². The Hall–Kier alpha value is -1.71. The summed E-state index contributed by atoms with van der Waals surface area (Å²) in [4.78, 5) is 13.9. The number of esters is 1. The van der Waals surface area contributed by atoms with E-state index in [9.17, 15) is 4.79 Å². The standard InChI is InChI=1S/C15H21NO3/c1-10-6-7-12-11(8-10)16(15(2,3)4)9-13(19-12)14(17)18-5/h6-8,13H,9H2,1-5H3. The van der Waals surface area contributed by atoms with Gasteiger partial charge in [0.2, 0.25) is 6.10 Å². The minimum Gasteiger partial charge on any atom is -0.475 e. The molecule has 1 unspecified atom stereocenters. The SMILES string of the molecule is COC(=O)C1CN(C(C)(C)C)c2cc(C)ccc2O1. The van der Waals surface area contributed by atoms with Crippen LogP contribution in [-0.4, -0.2) is 31.3 Å². The van der Waals surface area contributed by atoms with E-state index in [-0.39, 0.29) is 11.5 Å². The zero-order valence-electron chi connectivity index (χ0n) is 12.2. The Balaban J connectivity index is 2.43. The van der Waals surface area contributed by atoms with Gasteiger partial charge in [-0.25, -0.2) is 4.79 Å². The van der Waals surface area contributed by atoms with Crippen LogP contribution in [0.5, 0.6) is 5.75 Å². The molecule has 0 fully saturated rings. The van der Waals surface area contributed by atoms with E-state index in [1.54, 1.807) is 0 Å². The number of carbonyl (C=O) groups excluding carboxylic acids is 1. The van der Waals surface area contributed by atoms with Crippen molar-refractivity contribution in [1.82, 2.24) is 0 Å². The first-order chi connectivity index (χ1) is 8.82. The van der Waals surface area contributed by atoms with Crippen LogP contribution in [0, 0.1) is 6.92 Å². The molecule has 0 N–H and O–H groups in total. The first kappa shape index (κ1) is 13.7. The summed E-state index contributed by atoms with van der Waals surface area (Å²) in [5, 5.41) is 0.